The average molecular weight is 470 g/mol. The number of nitrogens with zero attached hydrogens (tertiary/aromatic N) is 2. The van der Waals surface area contributed by atoms with Crippen molar-refractivity contribution in [2.45, 2.75) is 122 Å². The highest BCUT2D eigenvalue weighted by molar-refractivity contribution is 5.88. The third kappa shape index (κ3) is 7.39. The number of aromatic nitrogens is 2. The summed E-state index contributed by atoms with van der Waals surface area (Å²) in [5.74, 6) is -1.27. The molecule has 1 fully saturated rings. The van der Waals surface area contributed by atoms with Gasteiger partial charge in [0.15, 0.2) is 0 Å². The molecule has 0 aliphatic heterocycles. The van der Waals surface area contributed by atoms with Gasteiger partial charge in [-0.1, -0.05) is 83.3 Å². The molecule has 6 nitrogen and oxygen atoms in total. The lowest BCUT2D eigenvalue weighted by Crippen LogP contribution is -2.41. The third-order valence-corrected chi connectivity index (χ3v) is 7.28. The Bertz CT molecular complexity index is 959. The van der Waals surface area contributed by atoms with Crippen molar-refractivity contribution in [3.05, 3.63) is 40.3 Å². The number of nitrogens with one attached hydrogen (secondary N) is 1. The second-order valence-corrected chi connectivity index (χ2v) is 10.1. The Hall–Kier alpha value is -2.21. The largest absolute Gasteiger partial charge is 0.476 e. The standard InChI is InChI=1S/C28H43N3O3/c1-3-15-23(29-22-16-11-9-7-5-4-6-8-10-12-17-22)20-21(2)31-25-19-14-13-18-24(25)30-26(27(31)32)28(33)34/h13-14,18-19,21-23,29H,3-12,15-17,20H2,1-2H3,(H,33,34). The molecule has 1 aliphatic carbocycles. The van der Waals surface area contributed by atoms with Crippen LogP contribution in [0.3, 0.4) is 0 Å². The molecule has 6 heteroatoms. The van der Waals surface area contributed by atoms with E-state index >= 15 is 0 Å². The fourth-order valence-corrected chi connectivity index (χ4v) is 5.53. The number of hydrogen-bond donors (Lipinski definition) is 2. The van der Waals surface area contributed by atoms with Gasteiger partial charge >= 0.3 is 5.97 Å². The summed E-state index contributed by atoms with van der Waals surface area (Å²) in [6.45, 7) is 4.24. The van der Waals surface area contributed by atoms with E-state index in [1.165, 1.54) is 70.6 Å². The van der Waals surface area contributed by atoms with Crippen LogP contribution in [-0.2, 0) is 0 Å². The molecule has 1 saturated carbocycles. The normalized spacial score (nSPS) is 18.6. The smallest absolute Gasteiger partial charge is 0.360 e. The maximum atomic E-state index is 13.1. The fourth-order valence-electron chi connectivity index (χ4n) is 5.53. The number of para-hydroxylation sites is 2. The van der Waals surface area contributed by atoms with Crippen LogP contribution < -0.4 is 10.9 Å². The van der Waals surface area contributed by atoms with Crippen LogP contribution in [0.1, 0.15) is 120 Å². The molecule has 1 aromatic carbocycles. The van der Waals surface area contributed by atoms with Crippen LogP contribution in [0.4, 0.5) is 0 Å². The molecule has 1 aromatic heterocycles. The Labute approximate surface area is 204 Å². The van der Waals surface area contributed by atoms with Gasteiger partial charge in [0.25, 0.3) is 5.56 Å². The van der Waals surface area contributed by atoms with E-state index < -0.39 is 17.2 Å². The van der Waals surface area contributed by atoms with Crippen LogP contribution in [0.25, 0.3) is 11.0 Å². The minimum atomic E-state index is -1.27. The lowest BCUT2D eigenvalue weighted by atomic mass is 9.95. The zero-order chi connectivity index (χ0) is 24.3. The molecule has 2 unspecified atom stereocenters. The zero-order valence-corrected chi connectivity index (χ0v) is 21.1. The minimum absolute atomic E-state index is 0.131. The molecule has 0 amide bonds. The van der Waals surface area contributed by atoms with Gasteiger partial charge in [-0.25, -0.2) is 9.78 Å². The minimum Gasteiger partial charge on any atom is -0.476 e. The SMILES string of the molecule is CCCC(CC(C)n1c(=O)c(C(=O)O)nc2ccccc21)NC1CCCCCCCCCCC1. The van der Waals surface area contributed by atoms with Gasteiger partial charge in [0, 0.05) is 18.1 Å². The number of aromatic carboxylic acids is 1. The lowest BCUT2D eigenvalue weighted by molar-refractivity contribution is 0.0688. The molecule has 0 saturated heterocycles. The van der Waals surface area contributed by atoms with Gasteiger partial charge in [-0.15, -0.1) is 0 Å². The molecule has 0 bridgehead atoms. The first-order valence-corrected chi connectivity index (χ1v) is 13.5. The summed E-state index contributed by atoms with van der Waals surface area (Å²) in [5, 5.41) is 13.5. The molecular weight excluding hydrogens is 426 g/mol. The Morgan fingerprint density at radius 1 is 1.06 bits per heavy atom. The van der Waals surface area contributed by atoms with E-state index in [0.717, 1.165) is 19.3 Å². The topological polar surface area (TPSA) is 84.2 Å². The van der Waals surface area contributed by atoms with Crippen LogP contribution in [0.15, 0.2) is 29.1 Å². The van der Waals surface area contributed by atoms with Gasteiger partial charge in [-0.3, -0.25) is 4.79 Å². The maximum Gasteiger partial charge on any atom is 0.360 e. The Balaban J connectivity index is 1.78. The van der Waals surface area contributed by atoms with Gasteiger partial charge in [0.1, 0.15) is 0 Å². The molecule has 1 heterocycles. The van der Waals surface area contributed by atoms with Crippen LogP contribution in [0, 0.1) is 0 Å². The van der Waals surface area contributed by atoms with Gasteiger partial charge in [-0.2, -0.15) is 0 Å². The third-order valence-electron chi connectivity index (χ3n) is 7.28. The summed E-state index contributed by atoms with van der Waals surface area (Å²) in [5.41, 5.74) is 0.335. The first-order chi connectivity index (χ1) is 16.5. The number of carboxylic acids is 1. The number of carboxylic acid groups (broad SMARTS) is 1. The Morgan fingerprint density at radius 2 is 1.65 bits per heavy atom. The summed E-state index contributed by atoms with van der Waals surface area (Å²) in [7, 11) is 0. The van der Waals surface area contributed by atoms with Gasteiger partial charge in [0.05, 0.1) is 11.0 Å². The zero-order valence-electron chi connectivity index (χ0n) is 21.1. The molecule has 0 spiro atoms. The molecular formula is C28H43N3O3. The van der Waals surface area contributed by atoms with E-state index in [4.69, 9.17) is 0 Å². The highest BCUT2D eigenvalue weighted by Crippen LogP contribution is 2.23. The summed E-state index contributed by atoms with van der Waals surface area (Å²) in [6.07, 6.45) is 17.4. The highest BCUT2D eigenvalue weighted by atomic mass is 16.4. The lowest BCUT2D eigenvalue weighted by Gasteiger charge is -2.29. The van der Waals surface area contributed by atoms with E-state index in [2.05, 4.69) is 17.2 Å². The first-order valence-electron chi connectivity index (χ1n) is 13.5. The maximum absolute atomic E-state index is 13.1. The van der Waals surface area contributed by atoms with Crippen molar-refractivity contribution in [3.63, 3.8) is 0 Å². The highest BCUT2D eigenvalue weighted by Gasteiger charge is 2.23. The molecule has 2 N–H and O–H groups in total. The number of carbonyl (C=O) groups is 1. The van der Waals surface area contributed by atoms with Crippen LogP contribution in [0.2, 0.25) is 0 Å². The number of fused-ring (bicyclic) bond motifs is 1. The quantitative estimate of drug-likeness (QED) is 0.462. The van der Waals surface area contributed by atoms with Gasteiger partial charge in [0.2, 0.25) is 5.69 Å². The van der Waals surface area contributed by atoms with Gasteiger partial charge < -0.3 is 15.0 Å². The van der Waals surface area contributed by atoms with Crippen molar-refractivity contribution >= 4 is 17.0 Å². The molecule has 188 valence electrons. The van der Waals surface area contributed by atoms with Gasteiger partial charge in [-0.05, 0) is 44.7 Å². The first kappa shape index (κ1) is 26.4. The van der Waals surface area contributed by atoms with Crippen molar-refractivity contribution < 1.29 is 9.90 Å². The Morgan fingerprint density at radius 3 is 2.24 bits per heavy atom. The number of benzene rings is 1. The van der Waals surface area contributed by atoms with E-state index in [0.29, 0.717) is 23.1 Å². The van der Waals surface area contributed by atoms with Crippen molar-refractivity contribution in [3.8, 4) is 0 Å². The monoisotopic (exact) mass is 469 g/mol. The van der Waals surface area contributed by atoms with Crippen LogP contribution >= 0.6 is 0 Å². The Kier molecular flexibility index (Phi) is 10.6. The number of hydrogen-bond acceptors (Lipinski definition) is 4. The molecule has 1 aliphatic rings. The molecule has 0 radical (unpaired) electrons. The molecule has 3 rings (SSSR count). The molecule has 2 atom stereocenters. The molecule has 2 aromatic rings. The second kappa shape index (κ2) is 13.6. The summed E-state index contributed by atoms with van der Waals surface area (Å²) >= 11 is 0. The average Bonchev–Trinajstić information content (AvgIpc) is 2.80. The van der Waals surface area contributed by atoms with Crippen LogP contribution in [0.5, 0.6) is 0 Å². The van der Waals surface area contributed by atoms with E-state index in [-0.39, 0.29) is 6.04 Å². The molecule has 34 heavy (non-hydrogen) atoms. The number of rotatable bonds is 8. The van der Waals surface area contributed by atoms with Crippen LogP contribution in [-0.4, -0.2) is 32.7 Å². The predicted octanol–water partition coefficient (Wildman–Crippen LogP) is 6.48. The van der Waals surface area contributed by atoms with Crippen molar-refractivity contribution in [2.75, 3.05) is 0 Å². The van der Waals surface area contributed by atoms with Crippen molar-refractivity contribution in [2.24, 2.45) is 0 Å². The van der Waals surface area contributed by atoms with E-state index in [9.17, 15) is 14.7 Å². The predicted molar refractivity (Wildman–Crippen MR) is 139 cm³/mol. The second-order valence-electron chi connectivity index (χ2n) is 10.1. The van der Waals surface area contributed by atoms with Crippen molar-refractivity contribution in [1.82, 2.24) is 14.9 Å². The fraction of sp³-hybridized carbons (Fsp3) is 0.679. The summed E-state index contributed by atoms with van der Waals surface area (Å²) in [6, 6.07) is 8.02. The summed E-state index contributed by atoms with van der Waals surface area (Å²) in [4.78, 5) is 28.9. The van der Waals surface area contributed by atoms with E-state index in [1.807, 2.05) is 25.1 Å². The van der Waals surface area contributed by atoms with E-state index in [1.54, 1.807) is 10.6 Å². The summed E-state index contributed by atoms with van der Waals surface area (Å²) < 4.78 is 1.65. The van der Waals surface area contributed by atoms with Crippen molar-refractivity contribution in [1.29, 1.82) is 0 Å².